The zero-order valence-electron chi connectivity index (χ0n) is 26.3. The molecule has 224 valence electrons. The zero-order chi connectivity index (χ0) is 32.0. The molecule has 2 heteroatoms. The molecule has 47 heavy (non-hydrogen) atoms. The van der Waals surface area contributed by atoms with Crippen LogP contribution < -0.4 is 0 Å². The molecule has 0 radical (unpaired) electrons. The van der Waals surface area contributed by atoms with Crippen molar-refractivity contribution in [3.63, 3.8) is 0 Å². The molecule has 0 N–H and O–H groups in total. The largest absolute Gasteiger partial charge is 0.233 e. The standard InChI is InChI=1S/C45H34N2/c1-3-15-44(41-30-39-22-12-13-25-42(39)43(31-41)40-27-26-34-18-10-11-21-37(34)29-40)47-45(35-19-8-5-9-20-35)46-32(2)36-23-14-24-38(28-36)33-16-6-4-7-17-33/h3-31H,1H2,2H3/b44-15+,46-32?,47-45?. The number of hydrogen-bond acceptors (Lipinski definition) is 1. The average Bonchev–Trinajstić information content (AvgIpc) is 3.14. The molecule has 0 bridgehead atoms. The van der Waals surface area contributed by atoms with Crippen molar-refractivity contribution in [2.45, 2.75) is 6.92 Å². The molecule has 0 saturated heterocycles. The Balaban J connectivity index is 1.36. The summed E-state index contributed by atoms with van der Waals surface area (Å²) in [7, 11) is 0. The van der Waals surface area contributed by atoms with Gasteiger partial charge in [-0.05, 0) is 86.6 Å². The molecule has 0 amide bonds. The second kappa shape index (κ2) is 13.5. The molecule has 0 heterocycles. The van der Waals surface area contributed by atoms with E-state index < -0.39 is 0 Å². The van der Waals surface area contributed by atoms with Crippen molar-refractivity contribution < 1.29 is 0 Å². The first-order chi connectivity index (χ1) is 23.2. The van der Waals surface area contributed by atoms with E-state index in [-0.39, 0.29) is 0 Å². The van der Waals surface area contributed by atoms with Crippen LogP contribution in [0.2, 0.25) is 0 Å². The lowest BCUT2D eigenvalue weighted by atomic mass is 9.93. The third kappa shape index (κ3) is 6.49. The predicted octanol–water partition coefficient (Wildman–Crippen LogP) is 11.8. The monoisotopic (exact) mass is 602 g/mol. The molecule has 0 unspecified atom stereocenters. The van der Waals surface area contributed by atoms with Gasteiger partial charge in [-0.25, -0.2) is 9.98 Å². The fourth-order valence-electron chi connectivity index (χ4n) is 6.00. The molecule has 7 rings (SSSR count). The van der Waals surface area contributed by atoms with Crippen molar-refractivity contribution in [1.29, 1.82) is 0 Å². The predicted molar refractivity (Wildman–Crippen MR) is 202 cm³/mol. The van der Waals surface area contributed by atoms with Gasteiger partial charge in [-0.3, -0.25) is 0 Å². The van der Waals surface area contributed by atoms with Crippen molar-refractivity contribution in [3.8, 4) is 22.3 Å². The number of allylic oxidation sites excluding steroid dienone is 2. The van der Waals surface area contributed by atoms with Gasteiger partial charge in [-0.15, -0.1) is 0 Å². The van der Waals surface area contributed by atoms with E-state index >= 15 is 0 Å². The van der Waals surface area contributed by atoms with E-state index in [1.165, 1.54) is 27.3 Å². The van der Waals surface area contributed by atoms with Crippen LogP contribution in [0.1, 0.15) is 23.6 Å². The van der Waals surface area contributed by atoms with Crippen molar-refractivity contribution in [2.75, 3.05) is 0 Å². The third-order valence-corrected chi connectivity index (χ3v) is 8.41. The minimum atomic E-state index is 0.640. The first kappa shape index (κ1) is 29.6. The summed E-state index contributed by atoms with van der Waals surface area (Å²) in [6, 6.07) is 57.3. The molecule has 0 aliphatic heterocycles. The third-order valence-electron chi connectivity index (χ3n) is 8.41. The van der Waals surface area contributed by atoms with Gasteiger partial charge in [-0.2, -0.15) is 0 Å². The number of benzene rings is 7. The number of hydrogen-bond donors (Lipinski definition) is 0. The quantitative estimate of drug-likeness (QED) is 0.0985. The molecule has 0 aromatic heterocycles. The Labute approximate surface area is 276 Å². The Morgan fingerprint density at radius 2 is 1.15 bits per heavy atom. The van der Waals surface area contributed by atoms with Crippen LogP contribution in [0.4, 0.5) is 0 Å². The van der Waals surface area contributed by atoms with Gasteiger partial charge >= 0.3 is 0 Å². The molecular formula is C45H34N2. The Bertz CT molecular complexity index is 2310. The maximum absolute atomic E-state index is 5.26. The van der Waals surface area contributed by atoms with Crippen molar-refractivity contribution >= 4 is 38.8 Å². The molecule has 0 aliphatic carbocycles. The summed E-state index contributed by atoms with van der Waals surface area (Å²) < 4.78 is 0. The summed E-state index contributed by atoms with van der Waals surface area (Å²) in [6.07, 6.45) is 3.77. The van der Waals surface area contributed by atoms with E-state index in [9.17, 15) is 0 Å². The van der Waals surface area contributed by atoms with Crippen LogP contribution in [-0.4, -0.2) is 11.5 Å². The van der Waals surface area contributed by atoms with Crippen molar-refractivity contribution in [1.82, 2.24) is 0 Å². The first-order valence-corrected chi connectivity index (χ1v) is 15.9. The van der Waals surface area contributed by atoms with E-state index in [1.54, 1.807) is 6.08 Å². The fourth-order valence-corrected chi connectivity index (χ4v) is 6.00. The van der Waals surface area contributed by atoms with Crippen molar-refractivity contribution in [3.05, 3.63) is 199 Å². The molecule has 0 aliphatic rings. The van der Waals surface area contributed by atoms with Gasteiger partial charge in [0.25, 0.3) is 0 Å². The second-order valence-electron chi connectivity index (χ2n) is 11.5. The van der Waals surface area contributed by atoms with Gasteiger partial charge in [0.1, 0.15) is 0 Å². The minimum absolute atomic E-state index is 0.640. The normalized spacial score (nSPS) is 12.4. The SMILES string of the molecule is C=C/C=C(/N=C(N=C(C)c1cccc(-c2ccccc2)c1)c1ccccc1)c1cc(-c2ccc3ccccc3c2)c2ccccc2c1. The molecule has 0 atom stereocenters. The Morgan fingerprint density at radius 1 is 0.489 bits per heavy atom. The Hall–Kier alpha value is -6.12. The lowest BCUT2D eigenvalue weighted by molar-refractivity contribution is 1.44. The fraction of sp³-hybridized carbons (Fsp3) is 0.0222. The van der Waals surface area contributed by atoms with Crippen molar-refractivity contribution in [2.24, 2.45) is 9.98 Å². The highest BCUT2D eigenvalue weighted by atomic mass is 14.9. The molecule has 0 spiro atoms. The van der Waals surface area contributed by atoms with E-state index in [4.69, 9.17) is 9.98 Å². The van der Waals surface area contributed by atoms with Gasteiger partial charge in [-0.1, -0.05) is 152 Å². The molecule has 2 nitrogen and oxygen atoms in total. The second-order valence-corrected chi connectivity index (χ2v) is 11.5. The van der Waals surface area contributed by atoms with Crippen LogP contribution in [0.5, 0.6) is 0 Å². The molecular weight excluding hydrogens is 569 g/mol. The van der Waals surface area contributed by atoms with Crippen LogP contribution in [0, 0.1) is 0 Å². The van der Waals surface area contributed by atoms with Gasteiger partial charge in [0, 0.05) is 16.8 Å². The Morgan fingerprint density at radius 3 is 1.94 bits per heavy atom. The smallest absolute Gasteiger partial charge is 0.160 e. The lowest BCUT2D eigenvalue weighted by Crippen LogP contribution is -2.04. The highest BCUT2D eigenvalue weighted by Crippen LogP contribution is 2.35. The summed E-state index contributed by atoms with van der Waals surface area (Å²) in [4.78, 5) is 10.4. The number of aliphatic imine (C=N–C) groups is 2. The maximum Gasteiger partial charge on any atom is 0.160 e. The zero-order valence-corrected chi connectivity index (χ0v) is 26.3. The number of amidine groups is 1. The van der Waals surface area contributed by atoms with E-state index in [0.29, 0.717) is 5.84 Å². The molecule has 0 fully saturated rings. The van der Waals surface area contributed by atoms with Gasteiger partial charge in [0.05, 0.1) is 5.70 Å². The first-order valence-electron chi connectivity index (χ1n) is 15.9. The Kier molecular flexibility index (Phi) is 8.48. The van der Waals surface area contributed by atoms with Crippen LogP contribution in [0.25, 0.3) is 49.5 Å². The summed E-state index contributed by atoms with van der Waals surface area (Å²) in [5.74, 6) is 0.640. The van der Waals surface area contributed by atoms with Crippen LogP contribution >= 0.6 is 0 Å². The average molecular weight is 603 g/mol. The number of nitrogens with zero attached hydrogens (tertiary/aromatic N) is 2. The highest BCUT2D eigenvalue weighted by molar-refractivity contribution is 6.13. The number of rotatable bonds is 7. The van der Waals surface area contributed by atoms with Crippen LogP contribution in [0.15, 0.2) is 193 Å². The van der Waals surface area contributed by atoms with E-state index in [2.05, 4.69) is 146 Å². The number of fused-ring (bicyclic) bond motifs is 2. The topological polar surface area (TPSA) is 24.7 Å². The molecule has 7 aromatic carbocycles. The van der Waals surface area contributed by atoms with E-state index in [1.807, 2.05) is 37.3 Å². The summed E-state index contributed by atoms with van der Waals surface area (Å²) >= 11 is 0. The lowest BCUT2D eigenvalue weighted by Gasteiger charge is -2.13. The summed E-state index contributed by atoms with van der Waals surface area (Å²) in [5, 5.41) is 4.79. The van der Waals surface area contributed by atoms with Gasteiger partial charge in [0.2, 0.25) is 0 Å². The molecule has 7 aromatic rings. The molecule has 0 saturated carbocycles. The van der Waals surface area contributed by atoms with Gasteiger partial charge in [0.15, 0.2) is 5.84 Å². The van der Waals surface area contributed by atoms with Crippen LogP contribution in [0.3, 0.4) is 0 Å². The van der Waals surface area contributed by atoms with E-state index in [0.717, 1.165) is 44.6 Å². The van der Waals surface area contributed by atoms with Crippen LogP contribution in [-0.2, 0) is 0 Å². The summed E-state index contributed by atoms with van der Waals surface area (Å²) in [6.45, 7) is 6.10. The van der Waals surface area contributed by atoms with Gasteiger partial charge < -0.3 is 0 Å². The highest BCUT2D eigenvalue weighted by Gasteiger charge is 2.13. The summed E-state index contributed by atoms with van der Waals surface area (Å²) in [5.41, 5.74) is 9.32. The maximum atomic E-state index is 5.26. The minimum Gasteiger partial charge on any atom is -0.233 e.